The second-order valence-corrected chi connectivity index (χ2v) is 3.61. The van der Waals surface area contributed by atoms with E-state index in [-0.39, 0.29) is 5.82 Å². The molecule has 2 aromatic heterocycles. The quantitative estimate of drug-likeness (QED) is 0.858. The second kappa shape index (κ2) is 3.92. The summed E-state index contributed by atoms with van der Waals surface area (Å²) >= 11 is 5.58. The van der Waals surface area contributed by atoms with Crippen LogP contribution in [0, 0.1) is 0 Å². The molecule has 0 bridgehead atoms. The molecule has 0 atom stereocenters. The van der Waals surface area contributed by atoms with E-state index in [1.54, 1.807) is 0 Å². The van der Waals surface area contributed by atoms with E-state index in [1.807, 2.05) is 5.10 Å². The maximum Gasteiger partial charge on any atom is 0.432 e. The van der Waals surface area contributed by atoms with Gasteiger partial charge in [0.05, 0.1) is 5.02 Å². The summed E-state index contributed by atoms with van der Waals surface area (Å²) in [6, 6.07) is 3.22. The van der Waals surface area contributed by atoms with E-state index < -0.39 is 17.4 Å². The van der Waals surface area contributed by atoms with Gasteiger partial charge in [0.1, 0.15) is 5.69 Å². The Balaban J connectivity index is 2.50. The van der Waals surface area contributed by atoms with Crippen molar-refractivity contribution in [3.05, 3.63) is 45.5 Å². The fraction of sp³-hybridized carbons (Fsp3) is 0.111. The third-order valence-electron chi connectivity index (χ3n) is 1.97. The topological polar surface area (TPSA) is 50.7 Å². The number of nitrogens with one attached hydrogen (secondary N) is 1. The van der Waals surface area contributed by atoms with E-state index in [0.717, 1.165) is 0 Å². The minimum atomic E-state index is -4.60. The van der Waals surface area contributed by atoms with Crippen LogP contribution in [0.4, 0.5) is 13.2 Å². The number of hydrogen-bond donors (Lipinski definition) is 1. The number of pyridine rings is 1. The fourth-order valence-electron chi connectivity index (χ4n) is 1.21. The summed E-state index contributed by atoms with van der Waals surface area (Å²) in [5.41, 5.74) is -1.97. The highest BCUT2D eigenvalue weighted by molar-refractivity contribution is 6.30. The first-order chi connectivity index (χ1) is 7.88. The molecule has 0 amide bonds. The molecule has 4 nitrogen and oxygen atoms in total. The second-order valence-electron chi connectivity index (χ2n) is 3.18. The van der Waals surface area contributed by atoms with Crippen molar-refractivity contribution >= 4 is 11.6 Å². The lowest BCUT2D eigenvalue weighted by Crippen LogP contribution is -2.14. The number of H-pyrrole nitrogens is 1. The highest BCUT2D eigenvalue weighted by atomic mass is 35.5. The Morgan fingerprint density at radius 1 is 1.35 bits per heavy atom. The first-order valence-electron chi connectivity index (χ1n) is 4.39. The molecule has 2 rings (SSSR count). The number of alkyl halides is 3. The van der Waals surface area contributed by atoms with Gasteiger partial charge in [-0.25, -0.2) is 9.67 Å². The van der Waals surface area contributed by atoms with Crippen LogP contribution in [0.15, 0.2) is 29.2 Å². The maximum atomic E-state index is 12.3. The molecule has 0 aliphatic carbocycles. The van der Waals surface area contributed by atoms with Crippen molar-refractivity contribution in [2.75, 3.05) is 0 Å². The number of aromatic amines is 1. The van der Waals surface area contributed by atoms with Crippen molar-refractivity contribution in [2.45, 2.75) is 6.18 Å². The Morgan fingerprint density at radius 2 is 2.06 bits per heavy atom. The molecular formula is C9H5ClF3N3O. The Hall–Kier alpha value is -1.76. The predicted molar refractivity (Wildman–Crippen MR) is 54.2 cm³/mol. The van der Waals surface area contributed by atoms with Crippen LogP contribution in [0.3, 0.4) is 0 Å². The van der Waals surface area contributed by atoms with E-state index in [4.69, 9.17) is 11.6 Å². The predicted octanol–water partition coefficient (Wildman–Crippen LogP) is 2.23. The molecule has 2 heterocycles. The van der Waals surface area contributed by atoms with Crippen molar-refractivity contribution in [2.24, 2.45) is 0 Å². The van der Waals surface area contributed by atoms with Crippen LogP contribution in [0.25, 0.3) is 5.82 Å². The standard InChI is InChI=1S/C9H5ClF3N3O/c10-5-1-2-7(14-4-5)16-8(17)3-6(15-16)9(11,12)13/h1-4,15H. The summed E-state index contributed by atoms with van der Waals surface area (Å²) in [5, 5.41) is 2.25. The smallest absolute Gasteiger partial charge is 0.285 e. The SMILES string of the molecule is O=c1cc(C(F)(F)F)[nH]n1-c1ccc(Cl)cn1. The van der Waals surface area contributed by atoms with Crippen molar-refractivity contribution in [1.82, 2.24) is 14.8 Å². The minimum Gasteiger partial charge on any atom is -0.285 e. The van der Waals surface area contributed by atoms with Crippen LogP contribution in [0.2, 0.25) is 5.02 Å². The van der Waals surface area contributed by atoms with Crippen molar-refractivity contribution in [3.63, 3.8) is 0 Å². The lowest BCUT2D eigenvalue weighted by atomic mass is 10.4. The van der Waals surface area contributed by atoms with E-state index in [2.05, 4.69) is 4.98 Å². The molecule has 2 aromatic rings. The molecule has 17 heavy (non-hydrogen) atoms. The first-order valence-corrected chi connectivity index (χ1v) is 4.77. The fourth-order valence-corrected chi connectivity index (χ4v) is 1.32. The molecule has 0 spiro atoms. The lowest BCUT2D eigenvalue weighted by molar-refractivity contribution is -0.141. The van der Waals surface area contributed by atoms with Gasteiger partial charge >= 0.3 is 6.18 Å². The molecule has 0 aromatic carbocycles. The highest BCUT2D eigenvalue weighted by Gasteiger charge is 2.33. The van der Waals surface area contributed by atoms with Gasteiger partial charge in [0.2, 0.25) is 0 Å². The summed E-state index contributed by atoms with van der Waals surface area (Å²) < 4.78 is 37.7. The zero-order valence-corrected chi connectivity index (χ0v) is 8.88. The van der Waals surface area contributed by atoms with Crippen LogP contribution in [-0.2, 0) is 6.18 Å². The monoisotopic (exact) mass is 263 g/mol. The van der Waals surface area contributed by atoms with E-state index in [0.29, 0.717) is 15.8 Å². The number of rotatable bonds is 1. The van der Waals surface area contributed by atoms with Gasteiger partial charge in [0.25, 0.3) is 5.56 Å². The number of nitrogens with zero attached hydrogens (tertiary/aromatic N) is 2. The summed E-state index contributed by atoms with van der Waals surface area (Å²) in [7, 11) is 0. The minimum absolute atomic E-state index is 0.0369. The van der Waals surface area contributed by atoms with E-state index in [9.17, 15) is 18.0 Å². The van der Waals surface area contributed by atoms with Gasteiger partial charge in [0, 0.05) is 12.3 Å². The van der Waals surface area contributed by atoms with Crippen molar-refractivity contribution in [1.29, 1.82) is 0 Å². The first kappa shape index (κ1) is 11.7. The summed E-state index contributed by atoms with van der Waals surface area (Å²) in [5.74, 6) is 0.0369. The Labute approximate surface area is 97.6 Å². The van der Waals surface area contributed by atoms with Gasteiger partial charge in [-0.15, -0.1) is 0 Å². The maximum absolute atomic E-state index is 12.3. The molecular weight excluding hydrogens is 259 g/mol. The van der Waals surface area contributed by atoms with Crippen LogP contribution in [0.1, 0.15) is 5.69 Å². The molecule has 0 unspecified atom stereocenters. The van der Waals surface area contributed by atoms with Crippen molar-refractivity contribution in [3.8, 4) is 5.82 Å². The molecule has 90 valence electrons. The number of halogens is 4. The van der Waals surface area contributed by atoms with Gasteiger partial charge < -0.3 is 0 Å². The summed E-state index contributed by atoms with van der Waals surface area (Å²) in [6.07, 6.45) is -3.37. The summed E-state index contributed by atoms with van der Waals surface area (Å²) in [4.78, 5) is 15.1. The molecule has 0 radical (unpaired) electrons. The lowest BCUT2D eigenvalue weighted by Gasteiger charge is -2.03. The zero-order valence-electron chi connectivity index (χ0n) is 8.12. The van der Waals surface area contributed by atoms with Gasteiger partial charge in [-0.2, -0.15) is 13.2 Å². The van der Waals surface area contributed by atoms with Crippen LogP contribution in [-0.4, -0.2) is 14.8 Å². The zero-order chi connectivity index (χ0) is 12.6. The Kier molecular flexibility index (Phi) is 2.70. The van der Waals surface area contributed by atoms with E-state index >= 15 is 0 Å². The third-order valence-corrected chi connectivity index (χ3v) is 2.19. The summed E-state index contributed by atoms with van der Waals surface area (Å²) in [6.45, 7) is 0. The van der Waals surface area contributed by atoms with Gasteiger partial charge in [-0.1, -0.05) is 11.6 Å². The molecule has 0 fully saturated rings. The highest BCUT2D eigenvalue weighted by Crippen LogP contribution is 2.26. The largest absolute Gasteiger partial charge is 0.432 e. The van der Waals surface area contributed by atoms with Gasteiger partial charge in [-0.3, -0.25) is 9.89 Å². The third kappa shape index (κ3) is 2.33. The molecule has 0 aliphatic heterocycles. The average Bonchev–Trinajstić information content (AvgIpc) is 2.61. The Bertz CT molecular complexity index is 585. The molecule has 0 saturated carbocycles. The van der Waals surface area contributed by atoms with Gasteiger partial charge in [0.15, 0.2) is 5.82 Å². The normalized spacial score (nSPS) is 11.8. The average molecular weight is 264 g/mol. The molecule has 0 aliphatic rings. The molecule has 8 heteroatoms. The van der Waals surface area contributed by atoms with Gasteiger partial charge in [-0.05, 0) is 12.1 Å². The molecule has 1 N–H and O–H groups in total. The number of hydrogen-bond acceptors (Lipinski definition) is 2. The van der Waals surface area contributed by atoms with Crippen LogP contribution < -0.4 is 5.56 Å². The van der Waals surface area contributed by atoms with Crippen molar-refractivity contribution < 1.29 is 13.2 Å². The number of aromatic nitrogens is 3. The molecule has 0 saturated heterocycles. The Morgan fingerprint density at radius 3 is 2.53 bits per heavy atom. The van der Waals surface area contributed by atoms with Crippen LogP contribution >= 0.6 is 11.6 Å². The van der Waals surface area contributed by atoms with Crippen LogP contribution in [0.5, 0.6) is 0 Å². The van der Waals surface area contributed by atoms with E-state index in [1.165, 1.54) is 18.3 Å².